The molecular weight excluding hydrogens is 306 g/mol. The van der Waals surface area contributed by atoms with Crippen LogP contribution in [0.4, 0.5) is 0 Å². The minimum Gasteiger partial charge on any atom is -0.360 e. The van der Waals surface area contributed by atoms with Gasteiger partial charge in [0.15, 0.2) is 11.5 Å². The molecule has 24 heavy (non-hydrogen) atoms. The molecule has 3 aromatic rings. The molecule has 0 radical (unpaired) electrons. The molecule has 1 aliphatic carbocycles. The van der Waals surface area contributed by atoms with E-state index in [2.05, 4.69) is 25.7 Å². The molecule has 1 amide bonds. The van der Waals surface area contributed by atoms with Crippen molar-refractivity contribution in [3.05, 3.63) is 65.1 Å². The Balaban J connectivity index is 1.59. The van der Waals surface area contributed by atoms with Crippen LogP contribution in [-0.4, -0.2) is 26.2 Å². The Bertz CT molecular complexity index is 851. The number of nitrogens with one attached hydrogen (secondary N) is 2. The molecule has 2 heterocycles. The Hall–Kier alpha value is -2.96. The van der Waals surface area contributed by atoms with Crippen LogP contribution < -0.4 is 5.32 Å². The molecule has 0 spiro atoms. The quantitative estimate of drug-likeness (QED) is 0.752. The molecule has 0 bridgehead atoms. The number of amides is 1. The van der Waals surface area contributed by atoms with Crippen LogP contribution >= 0.6 is 0 Å². The molecule has 1 saturated carbocycles. The molecule has 122 valence electrons. The van der Waals surface area contributed by atoms with E-state index in [4.69, 9.17) is 4.52 Å². The second kappa shape index (κ2) is 5.92. The van der Waals surface area contributed by atoms with Gasteiger partial charge in [0.1, 0.15) is 17.6 Å². The van der Waals surface area contributed by atoms with Crippen LogP contribution in [-0.2, 0) is 0 Å². The summed E-state index contributed by atoms with van der Waals surface area (Å²) in [6.07, 6.45) is 2.19. The number of benzene rings is 1. The van der Waals surface area contributed by atoms with Gasteiger partial charge in [-0.1, -0.05) is 35.5 Å². The van der Waals surface area contributed by atoms with Crippen molar-refractivity contribution in [2.75, 3.05) is 0 Å². The van der Waals surface area contributed by atoms with Gasteiger partial charge >= 0.3 is 0 Å². The summed E-state index contributed by atoms with van der Waals surface area (Å²) in [4.78, 5) is 16.9. The third-order valence-electron chi connectivity index (χ3n) is 4.02. The van der Waals surface area contributed by atoms with Gasteiger partial charge in [-0.05, 0) is 25.3 Å². The number of hydrogen-bond acceptors (Lipinski definition) is 5. The number of rotatable bonds is 5. The Labute approximate surface area is 138 Å². The van der Waals surface area contributed by atoms with Crippen molar-refractivity contribution < 1.29 is 9.32 Å². The van der Waals surface area contributed by atoms with Crippen LogP contribution in [0.1, 0.15) is 58.3 Å². The summed E-state index contributed by atoms with van der Waals surface area (Å²) in [5, 5.41) is 13.8. The maximum atomic E-state index is 12.6. The minimum absolute atomic E-state index is 0.282. The molecule has 7 nitrogen and oxygen atoms in total. The van der Waals surface area contributed by atoms with Crippen molar-refractivity contribution in [3.63, 3.8) is 0 Å². The maximum absolute atomic E-state index is 12.6. The van der Waals surface area contributed by atoms with Gasteiger partial charge in [-0.15, -0.1) is 0 Å². The lowest BCUT2D eigenvalue weighted by molar-refractivity contribution is 0.0932. The van der Waals surface area contributed by atoms with Crippen LogP contribution in [0.2, 0.25) is 0 Å². The zero-order valence-corrected chi connectivity index (χ0v) is 13.2. The molecule has 4 rings (SSSR count). The van der Waals surface area contributed by atoms with Gasteiger partial charge < -0.3 is 9.84 Å². The van der Waals surface area contributed by atoms with Gasteiger partial charge in [0.05, 0.1) is 0 Å². The Morgan fingerprint density at radius 1 is 1.33 bits per heavy atom. The fraction of sp³-hybridized carbons (Fsp3) is 0.294. The second-order valence-corrected chi connectivity index (χ2v) is 5.98. The molecule has 1 aliphatic rings. The fourth-order valence-electron chi connectivity index (χ4n) is 2.59. The van der Waals surface area contributed by atoms with E-state index in [9.17, 15) is 4.79 Å². The smallest absolute Gasteiger partial charge is 0.274 e. The lowest BCUT2D eigenvalue weighted by atomic mass is 10.1. The molecule has 2 N–H and O–H groups in total. The summed E-state index contributed by atoms with van der Waals surface area (Å²) in [6, 6.07) is 10.9. The highest BCUT2D eigenvalue weighted by atomic mass is 16.5. The number of hydrogen-bond donors (Lipinski definition) is 2. The van der Waals surface area contributed by atoms with Crippen molar-refractivity contribution in [3.8, 4) is 0 Å². The summed E-state index contributed by atoms with van der Waals surface area (Å²) in [7, 11) is 0. The first-order chi connectivity index (χ1) is 11.7. The molecule has 2 aromatic heterocycles. The Morgan fingerprint density at radius 3 is 2.79 bits per heavy atom. The molecule has 7 heteroatoms. The van der Waals surface area contributed by atoms with E-state index < -0.39 is 6.04 Å². The molecule has 0 saturated heterocycles. The normalized spacial score (nSPS) is 15.2. The van der Waals surface area contributed by atoms with Gasteiger partial charge in [0, 0.05) is 12.0 Å². The van der Waals surface area contributed by atoms with Crippen LogP contribution in [0, 0.1) is 6.92 Å². The average molecular weight is 323 g/mol. The summed E-state index contributed by atoms with van der Waals surface area (Å²) >= 11 is 0. The summed E-state index contributed by atoms with van der Waals surface area (Å²) < 4.78 is 5.26. The number of carbonyl (C=O) groups excluding carboxylic acids is 1. The van der Waals surface area contributed by atoms with E-state index >= 15 is 0 Å². The van der Waals surface area contributed by atoms with Crippen molar-refractivity contribution in [1.29, 1.82) is 0 Å². The molecule has 0 aliphatic heterocycles. The fourth-order valence-corrected chi connectivity index (χ4v) is 2.59. The molecule has 1 atom stereocenters. The van der Waals surface area contributed by atoms with Crippen LogP contribution in [0.5, 0.6) is 0 Å². The first-order valence-electron chi connectivity index (χ1n) is 7.92. The molecule has 1 fully saturated rings. The monoisotopic (exact) mass is 323 g/mol. The Morgan fingerprint density at radius 2 is 2.12 bits per heavy atom. The highest BCUT2D eigenvalue weighted by Crippen LogP contribution is 2.40. The van der Waals surface area contributed by atoms with E-state index in [1.165, 1.54) is 0 Å². The molecular formula is C17H17N5O2. The maximum Gasteiger partial charge on any atom is 0.274 e. The summed E-state index contributed by atoms with van der Waals surface area (Å²) in [6.45, 7) is 1.82. The van der Waals surface area contributed by atoms with E-state index in [1.807, 2.05) is 37.3 Å². The topological polar surface area (TPSA) is 96.7 Å². The number of H-pyrrole nitrogens is 1. The number of aryl methyl sites for hydroxylation is 1. The van der Waals surface area contributed by atoms with Crippen LogP contribution in [0.3, 0.4) is 0 Å². The summed E-state index contributed by atoms with van der Waals surface area (Å²) in [5.41, 5.74) is 1.18. The van der Waals surface area contributed by atoms with Crippen molar-refractivity contribution in [1.82, 2.24) is 25.7 Å². The van der Waals surface area contributed by atoms with Crippen molar-refractivity contribution >= 4 is 5.91 Å². The van der Waals surface area contributed by atoms with Gasteiger partial charge in [0.2, 0.25) is 0 Å². The predicted octanol–water partition coefficient (Wildman–Crippen LogP) is 2.50. The van der Waals surface area contributed by atoms with Crippen LogP contribution in [0.15, 0.2) is 40.9 Å². The number of aromatic nitrogens is 4. The lowest BCUT2D eigenvalue weighted by Crippen LogP contribution is -2.30. The highest BCUT2D eigenvalue weighted by Gasteiger charge is 2.30. The van der Waals surface area contributed by atoms with Gasteiger partial charge in [-0.25, -0.2) is 4.98 Å². The largest absolute Gasteiger partial charge is 0.360 e. The standard InChI is InChI=1S/C17H17N5O2/c1-10-18-16(21-20-10)15(12-5-3-2-4-6-12)19-17(23)13-9-14(24-22-13)11-7-8-11/h2-6,9,11,15H,7-8H2,1H3,(H,19,23)(H,18,20,21). The third-order valence-corrected chi connectivity index (χ3v) is 4.02. The van der Waals surface area contributed by atoms with Crippen LogP contribution in [0.25, 0.3) is 0 Å². The number of carbonyl (C=O) groups is 1. The van der Waals surface area contributed by atoms with E-state index in [1.54, 1.807) is 6.07 Å². The molecule has 1 aromatic carbocycles. The number of nitrogens with zero attached hydrogens (tertiary/aromatic N) is 3. The Kier molecular flexibility index (Phi) is 3.60. The molecule has 1 unspecified atom stereocenters. The number of aromatic amines is 1. The minimum atomic E-state index is -0.454. The van der Waals surface area contributed by atoms with Crippen molar-refractivity contribution in [2.24, 2.45) is 0 Å². The highest BCUT2D eigenvalue weighted by molar-refractivity contribution is 5.92. The van der Waals surface area contributed by atoms with E-state index in [0.717, 1.165) is 24.2 Å². The average Bonchev–Trinajstić information content (AvgIpc) is 3.17. The SMILES string of the molecule is Cc1nc(C(NC(=O)c2cc(C3CC3)on2)c2ccccc2)n[nH]1. The summed E-state index contributed by atoms with van der Waals surface area (Å²) in [5.74, 6) is 2.10. The second-order valence-electron chi connectivity index (χ2n) is 5.98. The zero-order chi connectivity index (χ0) is 16.5. The van der Waals surface area contributed by atoms with Gasteiger partial charge in [-0.2, -0.15) is 5.10 Å². The van der Waals surface area contributed by atoms with E-state index in [0.29, 0.717) is 17.6 Å². The van der Waals surface area contributed by atoms with Crippen molar-refractivity contribution in [2.45, 2.75) is 31.7 Å². The zero-order valence-electron chi connectivity index (χ0n) is 13.2. The lowest BCUT2D eigenvalue weighted by Gasteiger charge is -2.15. The third kappa shape index (κ3) is 2.92. The van der Waals surface area contributed by atoms with E-state index in [-0.39, 0.29) is 11.6 Å². The first-order valence-corrected chi connectivity index (χ1v) is 7.92. The predicted molar refractivity (Wildman–Crippen MR) is 85.3 cm³/mol. The first kappa shape index (κ1) is 14.6. The van der Waals surface area contributed by atoms with Gasteiger partial charge in [0.25, 0.3) is 5.91 Å². The van der Waals surface area contributed by atoms with Gasteiger partial charge in [-0.3, -0.25) is 9.89 Å².